The van der Waals surface area contributed by atoms with Gasteiger partial charge in [0.05, 0.1) is 5.56 Å². The number of H-pyrrole nitrogens is 1. The number of pyridine rings is 1. The summed E-state index contributed by atoms with van der Waals surface area (Å²) in [6.45, 7) is 1.27. The highest BCUT2D eigenvalue weighted by Gasteiger charge is 2.27. The van der Waals surface area contributed by atoms with Crippen molar-refractivity contribution in [1.82, 2.24) is 9.88 Å². The standard InChI is InChI=1S/C18H18ClN3O3/c19-15-8-14(9-21-17(15)24)18(25)22-5-4-12(10-22)6-11-2-1-3-13(7-11)16(20)23/h1-3,7-9,12H,4-6,10H2,(H2,20,23)(H,21,24)/t12-/m1/s1. The number of hydrogen-bond acceptors (Lipinski definition) is 3. The minimum atomic E-state index is -0.444. The third-order valence-electron chi connectivity index (χ3n) is 4.41. The van der Waals surface area contributed by atoms with Crippen LogP contribution in [0.4, 0.5) is 0 Å². The molecule has 0 radical (unpaired) electrons. The van der Waals surface area contributed by atoms with Gasteiger partial charge in [0.25, 0.3) is 11.5 Å². The summed E-state index contributed by atoms with van der Waals surface area (Å²) in [5, 5.41) is 0.00450. The molecule has 1 saturated heterocycles. The van der Waals surface area contributed by atoms with E-state index in [-0.39, 0.29) is 10.9 Å². The normalized spacial score (nSPS) is 16.8. The van der Waals surface area contributed by atoms with Gasteiger partial charge in [0.15, 0.2) is 0 Å². The summed E-state index contributed by atoms with van der Waals surface area (Å²) in [4.78, 5) is 39.3. The lowest BCUT2D eigenvalue weighted by molar-refractivity contribution is 0.0786. The average molecular weight is 360 g/mol. The Morgan fingerprint density at radius 1 is 1.28 bits per heavy atom. The molecule has 1 fully saturated rings. The predicted octanol–water partition coefficient (Wildman–Crippen LogP) is 1.83. The van der Waals surface area contributed by atoms with Crippen LogP contribution in [0.2, 0.25) is 5.02 Å². The van der Waals surface area contributed by atoms with Crippen LogP contribution in [0.5, 0.6) is 0 Å². The van der Waals surface area contributed by atoms with E-state index in [0.717, 1.165) is 18.4 Å². The van der Waals surface area contributed by atoms with Crippen LogP contribution in [0.25, 0.3) is 0 Å². The van der Waals surface area contributed by atoms with E-state index < -0.39 is 11.5 Å². The summed E-state index contributed by atoms with van der Waals surface area (Å²) in [5.41, 5.74) is 6.80. The van der Waals surface area contributed by atoms with Crippen LogP contribution in [0.3, 0.4) is 0 Å². The van der Waals surface area contributed by atoms with Crippen molar-refractivity contribution in [2.75, 3.05) is 13.1 Å². The Bertz CT molecular complexity index is 878. The van der Waals surface area contributed by atoms with Crippen LogP contribution in [0.15, 0.2) is 41.3 Å². The Balaban J connectivity index is 1.66. The highest BCUT2D eigenvalue weighted by molar-refractivity contribution is 6.30. The number of carbonyl (C=O) groups is 2. The van der Waals surface area contributed by atoms with Gasteiger partial charge in [0.2, 0.25) is 5.91 Å². The Morgan fingerprint density at radius 3 is 2.80 bits per heavy atom. The third kappa shape index (κ3) is 3.91. The molecule has 25 heavy (non-hydrogen) atoms. The minimum Gasteiger partial charge on any atom is -0.366 e. The molecule has 7 heteroatoms. The molecule has 3 rings (SSSR count). The molecular weight excluding hydrogens is 342 g/mol. The maximum absolute atomic E-state index is 12.5. The van der Waals surface area contributed by atoms with Crippen LogP contribution >= 0.6 is 11.6 Å². The zero-order valence-electron chi connectivity index (χ0n) is 13.5. The number of nitrogens with zero attached hydrogens (tertiary/aromatic N) is 1. The summed E-state index contributed by atoms with van der Waals surface area (Å²) in [5.74, 6) is -0.281. The fourth-order valence-corrected chi connectivity index (χ4v) is 3.30. The van der Waals surface area contributed by atoms with E-state index in [9.17, 15) is 14.4 Å². The zero-order chi connectivity index (χ0) is 18.0. The Kier molecular flexibility index (Phi) is 4.90. The van der Waals surface area contributed by atoms with Crippen molar-refractivity contribution in [3.05, 3.63) is 68.6 Å². The molecule has 130 valence electrons. The Hall–Kier alpha value is -2.60. The maximum Gasteiger partial charge on any atom is 0.266 e. The molecule has 3 N–H and O–H groups in total. The molecule has 1 aromatic carbocycles. The van der Waals surface area contributed by atoms with Gasteiger partial charge < -0.3 is 15.6 Å². The number of likely N-dealkylation sites (tertiary alicyclic amines) is 1. The van der Waals surface area contributed by atoms with Gasteiger partial charge in [0, 0.05) is 24.8 Å². The van der Waals surface area contributed by atoms with E-state index in [1.165, 1.54) is 12.3 Å². The fraction of sp³-hybridized carbons (Fsp3) is 0.278. The number of carbonyl (C=O) groups excluding carboxylic acids is 2. The fourth-order valence-electron chi connectivity index (χ4n) is 3.13. The molecule has 2 heterocycles. The lowest BCUT2D eigenvalue weighted by atomic mass is 9.97. The molecule has 2 aromatic rings. The first kappa shape index (κ1) is 17.2. The quantitative estimate of drug-likeness (QED) is 0.871. The van der Waals surface area contributed by atoms with Gasteiger partial charge in [-0.25, -0.2) is 0 Å². The molecule has 1 aliphatic rings. The summed E-state index contributed by atoms with van der Waals surface area (Å²) in [6.07, 6.45) is 3.04. The first-order chi connectivity index (χ1) is 11.9. The SMILES string of the molecule is NC(=O)c1cccc(C[C@H]2CCN(C(=O)c3c[nH]c(=O)c(Cl)c3)C2)c1. The monoisotopic (exact) mass is 359 g/mol. The predicted molar refractivity (Wildman–Crippen MR) is 94.7 cm³/mol. The van der Waals surface area contributed by atoms with Crippen LogP contribution < -0.4 is 11.3 Å². The van der Waals surface area contributed by atoms with Crippen LogP contribution in [0, 0.1) is 5.92 Å². The molecule has 2 amide bonds. The third-order valence-corrected chi connectivity index (χ3v) is 4.69. The van der Waals surface area contributed by atoms with Crippen molar-refractivity contribution >= 4 is 23.4 Å². The summed E-state index contributed by atoms with van der Waals surface area (Å²) in [7, 11) is 0. The van der Waals surface area contributed by atoms with E-state index >= 15 is 0 Å². The molecule has 0 aliphatic carbocycles. The van der Waals surface area contributed by atoms with Gasteiger partial charge >= 0.3 is 0 Å². The van der Waals surface area contributed by atoms with Crippen LogP contribution in [-0.2, 0) is 6.42 Å². The number of hydrogen-bond donors (Lipinski definition) is 2. The number of nitrogens with two attached hydrogens (primary N) is 1. The second-order valence-corrected chi connectivity index (χ2v) is 6.65. The number of nitrogens with one attached hydrogen (secondary N) is 1. The average Bonchev–Trinajstić information content (AvgIpc) is 3.05. The number of aromatic nitrogens is 1. The number of primary amides is 1. The number of halogens is 1. The molecule has 1 atom stereocenters. The van der Waals surface area contributed by atoms with Gasteiger partial charge in [-0.1, -0.05) is 23.7 Å². The zero-order valence-corrected chi connectivity index (χ0v) is 14.3. The maximum atomic E-state index is 12.5. The van der Waals surface area contributed by atoms with Crippen molar-refractivity contribution in [2.45, 2.75) is 12.8 Å². The second kappa shape index (κ2) is 7.11. The molecule has 0 unspecified atom stereocenters. The molecule has 1 aromatic heterocycles. The van der Waals surface area contributed by atoms with Crippen molar-refractivity contribution in [3.8, 4) is 0 Å². The first-order valence-corrected chi connectivity index (χ1v) is 8.38. The summed E-state index contributed by atoms with van der Waals surface area (Å²) >= 11 is 5.79. The van der Waals surface area contributed by atoms with E-state index in [2.05, 4.69) is 4.98 Å². The second-order valence-electron chi connectivity index (χ2n) is 6.24. The van der Waals surface area contributed by atoms with E-state index in [1.807, 2.05) is 12.1 Å². The molecule has 0 saturated carbocycles. The smallest absolute Gasteiger partial charge is 0.266 e. The highest BCUT2D eigenvalue weighted by atomic mass is 35.5. The van der Waals surface area contributed by atoms with E-state index in [0.29, 0.717) is 30.1 Å². The van der Waals surface area contributed by atoms with Gasteiger partial charge in [-0.15, -0.1) is 0 Å². The van der Waals surface area contributed by atoms with Crippen molar-refractivity contribution in [2.24, 2.45) is 11.7 Å². The van der Waals surface area contributed by atoms with Gasteiger partial charge in [-0.2, -0.15) is 0 Å². The largest absolute Gasteiger partial charge is 0.366 e. The summed E-state index contributed by atoms with van der Waals surface area (Å²) in [6, 6.07) is 8.66. The lowest BCUT2D eigenvalue weighted by Crippen LogP contribution is -2.29. The first-order valence-electron chi connectivity index (χ1n) is 8.00. The van der Waals surface area contributed by atoms with Gasteiger partial charge in [-0.3, -0.25) is 14.4 Å². The van der Waals surface area contributed by atoms with Crippen molar-refractivity contribution in [3.63, 3.8) is 0 Å². The lowest BCUT2D eigenvalue weighted by Gasteiger charge is -2.17. The minimum absolute atomic E-state index is 0.00450. The van der Waals surface area contributed by atoms with Gasteiger partial charge in [-0.05, 0) is 42.5 Å². The van der Waals surface area contributed by atoms with Crippen molar-refractivity contribution in [1.29, 1.82) is 0 Å². The van der Waals surface area contributed by atoms with Crippen molar-refractivity contribution < 1.29 is 9.59 Å². The number of amides is 2. The van der Waals surface area contributed by atoms with Crippen LogP contribution in [0.1, 0.15) is 32.7 Å². The molecule has 0 spiro atoms. The highest BCUT2D eigenvalue weighted by Crippen LogP contribution is 2.23. The molecule has 1 aliphatic heterocycles. The molecule has 0 bridgehead atoms. The Morgan fingerprint density at radius 2 is 2.08 bits per heavy atom. The number of aromatic amines is 1. The van der Waals surface area contributed by atoms with E-state index in [1.54, 1.807) is 17.0 Å². The topological polar surface area (TPSA) is 96.3 Å². The number of benzene rings is 1. The van der Waals surface area contributed by atoms with Gasteiger partial charge in [0.1, 0.15) is 5.02 Å². The molecular formula is C18H18ClN3O3. The number of rotatable bonds is 4. The summed E-state index contributed by atoms with van der Waals surface area (Å²) < 4.78 is 0. The van der Waals surface area contributed by atoms with Crippen LogP contribution in [-0.4, -0.2) is 34.8 Å². The Labute approximate surface area is 149 Å². The molecule has 6 nitrogen and oxygen atoms in total. The van der Waals surface area contributed by atoms with E-state index in [4.69, 9.17) is 17.3 Å².